The molecule has 0 saturated carbocycles. The molecule has 0 bridgehead atoms. The van der Waals surface area contributed by atoms with Crippen molar-refractivity contribution >= 4 is 23.3 Å². The summed E-state index contributed by atoms with van der Waals surface area (Å²) < 4.78 is 6.95. The van der Waals surface area contributed by atoms with Gasteiger partial charge in [0.2, 0.25) is 11.9 Å². The molecular weight excluding hydrogens is 320 g/mol. The topological polar surface area (TPSA) is 107 Å². The highest BCUT2D eigenvalue weighted by Gasteiger charge is 2.15. The Hall–Kier alpha value is -3.16. The number of hydrogen-bond acceptors (Lipinski definition) is 6. The number of fused-ring (bicyclic) bond motifs is 1. The third kappa shape index (κ3) is 3.52. The molecule has 8 heteroatoms. The standard InChI is InChI=1S/C17H20N6O2/c1-4-25-13-7-5-12(6-8-13)20-15(24)9-14-10(2)19-17-21-16(18)22-23(17)11(14)3/h5-8H,4,9H2,1-3H3,(H2,18,22)(H,20,24). The molecule has 1 aromatic carbocycles. The third-order valence-corrected chi connectivity index (χ3v) is 3.85. The zero-order valence-corrected chi connectivity index (χ0v) is 14.4. The summed E-state index contributed by atoms with van der Waals surface area (Å²) in [6.07, 6.45) is 0.188. The van der Waals surface area contributed by atoms with Crippen molar-refractivity contribution in [3.05, 3.63) is 41.2 Å². The number of nitrogens with one attached hydrogen (secondary N) is 1. The summed E-state index contributed by atoms with van der Waals surface area (Å²) in [4.78, 5) is 20.8. The number of carbonyl (C=O) groups is 1. The first-order valence-corrected chi connectivity index (χ1v) is 7.99. The van der Waals surface area contributed by atoms with Crippen LogP contribution < -0.4 is 15.8 Å². The minimum Gasteiger partial charge on any atom is -0.494 e. The first kappa shape index (κ1) is 16.7. The number of hydrogen-bond donors (Lipinski definition) is 2. The van der Waals surface area contributed by atoms with E-state index in [4.69, 9.17) is 10.5 Å². The Balaban J connectivity index is 1.77. The van der Waals surface area contributed by atoms with Crippen molar-refractivity contribution in [2.24, 2.45) is 0 Å². The van der Waals surface area contributed by atoms with Crippen molar-refractivity contribution < 1.29 is 9.53 Å². The lowest BCUT2D eigenvalue weighted by Crippen LogP contribution is -2.17. The van der Waals surface area contributed by atoms with Gasteiger partial charge in [0.1, 0.15) is 5.75 Å². The van der Waals surface area contributed by atoms with Crippen LogP contribution >= 0.6 is 0 Å². The third-order valence-electron chi connectivity index (χ3n) is 3.85. The molecule has 0 aliphatic rings. The van der Waals surface area contributed by atoms with Gasteiger partial charge >= 0.3 is 0 Å². The number of nitrogen functional groups attached to an aromatic ring is 1. The first-order chi connectivity index (χ1) is 12.0. The predicted octanol–water partition coefficient (Wildman–Crippen LogP) is 1.90. The zero-order chi connectivity index (χ0) is 18.0. The number of nitrogens with two attached hydrogens (primary N) is 1. The molecule has 0 atom stereocenters. The van der Waals surface area contributed by atoms with E-state index in [1.807, 2.05) is 45.0 Å². The quantitative estimate of drug-likeness (QED) is 0.734. The number of benzene rings is 1. The van der Waals surface area contributed by atoms with E-state index in [0.717, 1.165) is 22.7 Å². The second kappa shape index (κ2) is 6.76. The highest BCUT2D eigenvalue weighted by Crippen LogP contribution is 2.18. The fourth-order valence-corrected chi connectivity index (χ4v) is 2.65. The normalized spacial score (nSPS) is 10.8. The maximum absolute atomic E-state index is 12.4. The van der Waals surface area contributed by atoms with Crippen molar-refractivity contribution in [3.8, 4) is 5.75 Å². The molecule has 3 rings (SSSR count). The largest absolute Gasteiger partial charge is 0.494 e. The summed E-state index contributed by atoms with van der Waals surface area (Å²) in [6.45, 7) is 6.24. The van der Waals surface area contributed by atoms with Gasteiger partial charge in [-0.2, -0.15) is 9.50 Å². The number of aryl methyl sites for hydroxylation is 2. The molecule has 0 radical (unpaired) electrons. The van der Waals surface area contributed by atoms with E-state index in [0.29, 0.717) is 18.1 Å². The van der Waals surface area contributed by atoms with Crippen LogP contribution in [0.15, 0.2) is 24.3 Å². The van der Waals surface area contributed by atoms with Crippen LogP contribution in [0.3, 0.4) is 0 Å². The highest BCUT2D eigenvalue weighted by molar-refractivity contribution is 5.92. The van der Waals surface area contributed by atoms with E-state index >= 15 is 0 Å². The molecule has 0 saturated heterocycles. The molecule has 0 unspecified atom stereocenters. The van der Waals surface area contributed by atoms with Gasteiger partial charge in [0.25, 0.3) is 5.78 Å². The number of carbonyl (C=O) groups excluding carboxylic acids is 1. The Morgan fingerprint density at radius 2 is 1.96 bits per heavy atom. The van der Waals surface area contributed by atoms with Gasteiger partial charge in [0, 0.05) is 22.6 Å². The molecule has 25 heavy (non-hydrogen) atoms. The smallest absolute Gasteiger partial charge is 0.254 e. The number of aromatic nitrogens is 4. The number of anilines is 2. The van der Waals surface area contributed by atoms with Crippen LogP contribution in [0.5, 0.6) is 5.75 Å². The lowest BCUT2D eigenvalue weighted by atomic mass is 10.1. The van der Waals surface area contributed by atoms with Crippen molar-refractivity contribution in [2.45, 2.75) is 27.2 Å². The van der Waals surface area contributed by atoms with Gasteiger partial charge in [-0.15, -0.1) is 5.10 Å². The Morgan fingerprint density at radius 3 is 2.64 bits per heavy atom. The van der Waals surface area contributed by atoms with Crippen LogP contribution in [0.4, 0.5) is 11.6 Å². The van der Waals surface area contributed by atoms with Gasteiger partial charge in [-0.3, -0.25) is 4.79 Å². The lowest BCUT2D eigenvalue weighted by molar-refractivity contribution is -0.115. The van der Waals surface area contributed by atoms with E-state index in [2.05, 4.69) is 20.4 Å². The summed E-state index contributed by atoms with van der Waals surface area (Å²) in [6, 6.07) is 7.26. The fourth-order valence-electron chi connectivity index (χ4n) is 2.65. The second-order valence-corrected chi connectivity index (χ2v) is 5.63. The second-order valence-electron chi connectivity index (χ2n) is 5.63. The van der Waals surface area contributed by atoms with Crippen LogP contribution in [-0.4, -0.2) is 32.1 Å². The molecule has 0 fully saturated rings. The molecule has 3 N–H and O–H groups in total. The Bertz CT molecular complexity index is 917. The highest BCUT2D eigenvalue weighted by atomic mass is 16.5. The van der Waals surface area contributed by atoms with Crippen molar-refractivity contribution in [2.75, 3.05) is 17.7 Å². The Morgan fingerprint density at radius 1 is 1.24 bits per heavy atom. The molecule has 130 valence electrons. The van der Waals surface area contributed by atoms with E-state index in [9.17, 15) is 4.79 Å². The zero-order valence-electron chi connectivity index (χ0n) is 14.4. The van der Waals surface area contributed by atoms with Gasteiger partial charge in [-0.1, -0.05) is 0 Å². The number of rotatable bonds is 5. The first-order valence-electron chi connectivity index (χ1n) is 7.99. The molecule has 1 amide bonds. The number of amides is 1. The van der Waals surface area contributed by atoms with E-state index < -0.39 is 0 Å². The predicted molar refractivity (Wildman–Crippen MR) is 94.6 cm³/mol. The van der Waals surface area contributed by atoms with Crippen molar-refractivity contribution in [3.63, 3.8) is 0 Å². The molecule has 2 aromatic heterocycles. The SMILES string of the molecule is CCOc1ccc(NC(=O)Cc2c(C)nc3nc(N)nn3c2C)cc1. The van der Waals surface area contributed by atoms with Gasteiger partial charge in [0.05, 0.1) is 13.0 Å². The maximum Gasteiger partial charge on any atom is 0.254 e. The number of nitrogens with zero attached hydrogens (tertiary/aromatic N) is 4. The average molecular weight is 340 g/mol. The fraction of sp³-hybridized carbons (Fsp3) is 0.294. The van der Waals surface area contributed by atoms with Crippen LogP contribution in [-0.2, 0) is 11.2 Å². The Labute approximate surface area is 145 Å². The van der Waals surface area contributed by atoms with E-state index in [1.54, 1.807) is 4.52 Å². The molecule has 2 heterocycles. The van der Waals surface area contributed by atoms with Crippen LogP contribution in [0.1, 0.15) is 23.9 Å². The molecule has 0 aliphatic heterocycles. The monoisotopic (exact) mass is 340 g/mol. The number of ether oxygens (including phenoxy) is 1. The molecular formula is C17H20N6O2. The summed E-state index contributed by atoms with van der Waals surface area (Å²) in [7, 11) is 0. The summed E-state index contributed by atoms with van der Waals surface area (Å²) in [5, 5.41) is 6.98. The van der Waals surface area contributed by atoms with Crippen molar-refractivity contribution in [1.82, 2.24) is 19.6 Å². The summed E-state index contributed by atoms with van der Waals surface area (Å²) in [5.74, 6) is 1.23. The van der Waals surface area contributed by atoms with Gasteiger partial charge < -0.3 is 15.8 Å². The van der Waals surface area contributed by atoms with Crippen LogP contribution in [0, 0.1) is 13.8 Å². The van der Waals surface area contributed by atoms with Crippen LogP contribution in [0.2, 0.25) is 0 Å². The molecule has 3 aromatic rings. The minimum absolute atomic E-state index is 0.135. The molecule has 8 nitrogen and oxygen atoms in total. The maximum atomic E-state index is 12.4. The molecule has 0 spiro atoms. The Kier molecular flexibility index (Phi) is 4.51. The van der Waals surface area contributed by atoms with Gasteiger partial charge in [0.15, 0.2) is 0 Å². The van der Waals surface area contributed by atoms with Crippen LogP contribution in [0.25, 0.3) is 5.78 Å². The van der Waals surface area contributed by atoms with Crippen molar-refractivity contribution in [1.29, 1.82) is 0 Å². The molecule has 0 aliphatic carbocycles. The summed E-state index contributed by atoms with van der Waals surface area (Å²) >= 11 is 0. The average Bonchev–Trinajstić information content (AvgIpc) is 2.94. The van der Waals surface area contributed by atoms with E-state index in [1.165, 1.54) is 0 Å². The van der Waals surface area contributed by atoms with E-state index in [-0.39, 0.29) is 18.3 Å². The summed E-state index contributed by atoms with van der Waals surface area (Å²) in [5.41, 5.74) is 8.68. The van der Waals surface area contributed by atoms with Gasteiger partial charge in [-0.05, 0) is 45.0 Å². The lowest BCUT2D eigenvalue weighted by Gasteiger charge is -2.11. The minimum atomic E-state index is -0.135. The van der Waals surface area contributed by atoms with Gasteiger partial charge in [-0.25, -0.2) is 4.98 Å².